The Kier molecular flexibility index (Phi) is 6.55. The first kappa shape index (κ1) is 17.2. The largest absolute Gasteiger partial charge is 0.435 e. The molecule has 8 heteroatoms. The lowest BCUT2D eigenvalue weighted by atomic mass is 10.2. The Labute approximate surface area is 128 Å². The van der Waals surface area contributed by atoms with E-state index in [-0.39, 0.29) is 0 Å². The van der Waals surface area contributed by atoms with Gasteiger partial charge in [0.15, 0.2) is 0 Å². The molecule has 0 saturated heterocycles. The molecule has 0 atom stereocenters. The van der Waals surface area contributed by atoms with Crippen molar-refractivity contribution in [2.75, 3.05) is 28.2 Å². The summed E-state index contributed by atoms with van der Waals surface area (Å²) < 4.78 is 0. The van der Waals surface area contributed by atoms with E-state index < -0.39 is 12.2 Å². The molecule has 0 radical (unpaired) electrons. The van der Waals surface area contributed by atoms with Gasteiger partial charge in [-0.1, -0.05) is 34.6 Å². The maximum absolute atomic E-state index is 11.1. The zero-order valence-corrected chi connectivity index (χ0v) is 12.9. The zero-order chi connectivity index (χ0) is 16.5. The molecule has 1 aromatic carbocycles. The lowest BCUT2D eigenvalue weighted by molar-refractivity contribution is 0.122. The lowest BCUT2D eigenvalue weighted by Gasteiger charge is -2.05. The molecule has 0 bridgehead atoms. The van der Waals surface area contributed by atoms with Crippen LogP contribution in [-0.2, 0) is 9.68 Å². The standard InChI is InChI=1S/C14H18N4O4/c1-17(2)13(19)21-15-9-11-5-7-12(8-6-11)10-16-22-14(20)18(3)4/h5-10H,1-4H3/b15-9+,16-10+. The molecule has 0 heterocycles. The minimum absolute atomic E-state index is 0.553. The second kappa shape index (κ2) is 8.40. The summed E-state index contributed by atoms with van der Waals surface area (Å²) in [6.07, 6.45) is 1.72. The lowest BCUT2D eigenvalue weighted by Crippen LogP contribution is -2.20. The summed E-state index contributed by atoms with van der Waals surface area (Å²) in [4.78, 5) is 34.0. The molecule has 8 nitrogen and oxygen atoms in total. The first-order valence-electron chi connectivity index (χ1n) is 6.33. The Morgan fingerprint density at radius 2 is 1.14 bits per heavy atom. The topological polar surface area (TPSA) is 83.8 Å². The van der Waals surface area contributed by atoms with Crippen molar-refractivity contribution in [2.45, 2.75) is 0 Å². The van der Waals surface area contributed by atoms with Crippen molar-refractivity contribution in [3.05, 3.63) is 35.4 Å². The predicted octanol–water partition coefficient (Wildman–Crippen LogP) is 1.75. The van der Waals surface area contributed by atoms with Gasteiger partial charge in [-0.3, -0.25) is 9.68 Å². The first-order chi connectivity index (χ1) is 10.4. The van der Waals surface area contributed by atoms with Crippen LogP contribution in [0.2, 0.25) is 0 Å². The van der Waals surface area contributed by atoms with Crippen molar-refractivity contribution in [3.63, 3.8) is 0 Å². The zero-order valence-electron chi connectivity index (χ0n) is 12.9. The quantitative estimate of drug-likeness (QED) is 0.482. The fourth-order valence-corrected chi connectivity index (χ4v) is 1.10. The molecule has 1 aromatic rings. The number of rotatable bonds is 4. The van der Waals surface area contributed by atoms with Gasteiger partial charge in [-0.25, -0.2) is 9.59 Å². The van der Waals surface area contributed by atoms with Crippen molar-refractivity contribution in [1.29, 1.82) is 0 Å². The van der Waals surface area contributed by atoms with Crippen molar-refractivity contribution in [1.82, 2.24) is 9.80 Å². The SMILES string of the molecule is CN(C)C(=O)O/N=C/c1ccc(/C=N/OC(=O)N(C)C)cc1. The number of amides is 2. The highest BCUT2D eigenvalue weighted by Crippen LogP contribution is 2.01. The van der Waals surface area contributed by atoms with Crippen LogP contribution in [0.4, 0.5) is 9.59 Å². The van der Waals surface area contributed by atoms with Crippen LogP contribution in [0, 0.1) is 0 Å². The highest BCUT2D eigenvalue weighted by atomic mass is 16.7. The van der Waals surface area contributed by atoms with E-state index in [1.54, 1.807) is 52.5 Å². The molecule has 0 aliphatic heterocycles. The van der Waals surface area contributed by atoms with Crippen LogP contribution in [0.5, 0.6) is 0 Å². The number of hydrogen-bond donors (Lipinski definition) is 0. The maximum Gasteiger partial charge on any atom is 0.435 e. The van der Waals surface area contributed by atoms with Gasteiger partial charge in [0.05, 0.1) is 12.4 Å². The smallest absolute Gasteiger partial charge is 0.312 e. The third-order valence-electron chi connectivity index (χ3n) is 2.33. The fraction of sp³-hybridized carbons (Fsp3) is 0.286. The molecule has 0 N–H and O–H groups in total. The molecular formula is C14H18N4O4. The maximum atomic E-state index is 11.1. The molecule has 0 saturated carbocycles. The molecule has 0 fully saturated rings. The molecule has 118 valence electrons. The van der Waals surface area contributed by atoms with Crippen molar-refractivity contribution < 1.29 is 19.3 Å². The van der Waals surface area contributed by atoms with Crippen LogP contribution in [0.25, 0.3) is 0 Å². The molecule has 22 heavy (non-hydrogen) atoms. The average Bonchev–Trinajstić information content (AvgIpc) is 2.48. The molecule has 1 rings (SSSR count). The monoisotopic (exact) mass is 306 g/mol. The number of benzene rings is 1. The van der Waals surface area contributed by atoms with Crippen LogP contribution in [0.3, 0.4) is 0 Å². The molecular weight excluding hydrogens is 288 g/mol. The van der Waals surface area contributed by atoms with Gasteiger partial charge < -0.3 is 9.80 Å². The van der Waals surface area contributed by atoms with Gasteiger partial charge in [-0.15, -0.1) is 0 Å². The Balaban J connectivity index is 2.53. The van der Waals surface area contributed by atoms with Crippen LogP contribution >= 0.6 is 0 Å². The summed E-state index contributed by atoms with van der Waals surface area (Å²) in [5, 5.41) is 7.14. The van der Waals surface area contributed by atoms with Crippen molar-refractivity contribution >= 4 is 24.6 Å². The van der Waals surface area contributed by atoms with E-state index in [9.17, 15) is 9.59 Å². The van der Waals surface area contributed by atoms with E-state index in [0.29, 0.717) is 0 Å². The highest BCUT2D eigenvalue weighted by molar-refractivity contribution is 5.84. The van der Waals surface area contributed by atoms with E-state index in [4.69, 9.17) is 0 Å². The van der Waals surface area contributed by atoms with E-state index in [1.165, 1.54) is 22.2 Å². The number of nitrogens with zero attached hydrogens (tertiary/aromatic N) is 4. The molecule has 2 amide bonds. The Bertz CT molecular complexity index is 514. The number of carbonyl (C=O) groups is 2. The van der Waals surface area contributed by atoms with Crippen LogP contribution in [0.15, 0.2) is 34.6 Å². The highest BCUT2D eigenvalue weighted by Gasteiger charge is 2.03. The number of oxime groups is 2. The average molecular weight is 306 g/mol. The molecule has 0 aliphatic carbocycles. The van der Waals surface area contributed by atoms with Gasteiger partial charge in [-0.2, -0.15) is 0 Å². The van der Waals surface area contributed by atoms with Crippen molar-refractivity contribution in [3.8, 4) is 0 Å². The summed E-state index contributed by atoms with van der Waals surface area (Å²) >= 11 is 0. The summed E-state index contributed by atoms with van der Waals surface area (Å²) in [6, 6.07) is 7.01. The minimum atomic E-state index is -0.553. The van der Waals surface area contributed by atoms with Crippen LogP contribution < -0.4 is 0 Å². The van der Waals surface area contributed by atoms with Crippen LogP contribution in [0.1, 0.15) is 11.1 Å². The van der Waals surface area contributed by atoms with E-state index >= 15 is 0 Å². The third kappa shape index (κ3) is 6.04. The van der Waals surface area contributed by atoms with Crippen LogP contribution in [-0.4, -0.2) is 62.6 Å². The van der Waals surface area contributed by atoms with Gasteiger partial charge in [0.2, 0.25) is 0 Å². The Hall–Kier alpha value is -2.90. The van der Waals surface area contributed by atoms with E-state index in [2.05, 4.69) is 20.0 Å². The number of hydrogen-bond acceptors (Lipinski definition) is 6. The summed E-state index contributed by atoms with van der Waals surface area (Å²) in [6.45, 7) is 0. The van der Waals surface area contributed by atoms with Gasteiger partial charge in [0, 0.05) is 28.2 Å². The van der Waals surface area contributed by atoms with E-state index in [1.807, 2.05) is 0 Å². The molecule has 0 spiro atoms. The van der Waals surface area contributed by atoms with Gasteiger partial charge in [-0.05, 0) is 11.1 Å². The first-order valence-corrected chi connectivity index (χ1v) is 6.33. The summed E-state index contributed by atoms with van der Waals surface area (Å²) in [5.41, 5.74) is 1.49. The molecule has 0 aliphatic rings. The third-order valence-corrected chi connectivity index (χ3v) is 2.33. The summed E-state index contributed by atoms with van der Waals surface area (Å²) in [5.74, 6) is 0. The normalized spacial score (nSPS) is 10.7. The molecule has 0 unspecified atom stereocenters. The second-order valence-corrected chi connectivity index (χ2v) is 4.64. The summed E-state index contributed by atoms with van der Waals surface area (Å²) in [7, 11) is 6.26. The molecule has 0 aromatic heterocycles. The Morgan fingerprint density at radius 3 is 1.41 bits per heavy atom. The number of carbonyl (C=O) groups excluding carboxylic acids is 2. The Morgan fingerprint density at radius 1 is 0.818 bits per heavy atom. The fourth-order valence-electron chi connectivity index (χ4n) is 1.10. The van der Waals surface area contributed by atoms with Gasteiger partial charge in [0.25, 0.3) is 0 Å². The van der Waals surface area contributed by atoms with Crippen molar-refractivity contribution in [2.24, 2.45) is 10.3 Å². The second-order valence-electron chi connectivity index (χ2n) is 4.64. The predicted molar refractivity (Wildman–Crippen MR) is 82.0 cm³/mol. The minimum Gasteiger partial charge on any atom is -0.312 e. The van der Waals surface area contributed by atoms with E-state index in [0.717, 1.165) is 11.1 Å². The van der Waals surface area contributed by atoms with Gasteiger partial charge in [0.1, 0.15) is 0 Å². The van der Waals surface area contributed by atoms with Gasteiger partial charge >= 0.3 is 12.2 Å².